The molecule has 3 aromatic carbocycles. The van der Waals surface area contributed by atoms with Gasteiger partial charge in [-0.15, -0.1) is 34.8 Å². The lowest BCUT2D eigenvalue weighted by atomic mass is 10.0. The monoisotopic (exact) mass is 924 g/mol. The van der Waals surface area contributed by atoms with Gasteiger partial charge in [-0.2, -0.15) is 0 Å². The number of halogens is 3. The first-order chi connectivity index (χ1) is 27.9. The lowest BCUT2D eigenvalue weighted by Crippen LogP contribution is -2.58. The maximum atomic E-state index is 7.02. The Morgan fingerprint density at radius 1 is 0.746 bits per heavy atom. The van der Waals surface area contributed by atoms with E-state index >= 15 is 0 Å². The van der Waals surface area contributed by atoms with Gasteiger partial charge in [-0.25, -0.2) is 0 Å². The molecule has 1 heterocycles. The van der Waals surface area contributed by atoms with Gasteiger partial charge in [0.2, 0.25) is 0 Å². The van der Waals surface area contributed by atoms with E-state index in [-0.39, 0.29) is 17.8 Å². The van der Waals surface area contributed by atoms with Crippen molar-refractivity contribution in [3.8, 4) is 0 Å². The van der Waals surface area contributed by atoms with Gasteiger partial charge in [-0.1, -0.05) is 72.8 Å². The molecule has 0 amide bonds. The van der Waals surface area contributed by atoms with E-state index in [1.165, 1.54) is 16.7 Å². The maximum Gasteiger partial charge on any atom is 0.501 e. The van der Waals surface area contributed by atoms with Crippen LogP contribution in [0, 0.1) is 0 Å². The zero-order chi connectivity index (χ0) is 43.2. The Hall–Kier alpha value is -1.10. The second-order valence-electron chi connectivity index (χ2n) is 17.8. The number of hydrogen-bond acceptors (Lipinski definition) is 7. The van der Waals surface area contributed by atoms with Gasteiger partial charge in [-0.05, 0) is 146 Å². The molecule has 7 nitrogen and oxygen atoms in total. The van der Waals surface area contributed by atoms with E-state index in [0.717, 1.165) is 54.5 Å². The van der Waals surface area contributed by atoms with E-state index in [2.05, 4.69) is 127 Å². The molecule has 0 radical (unpaired) electrons. The Morgan fingerprint density at radius 3 is 1.69 bits per heavy atom. The summed E-state index contributed by atoms with van der Waals surface area (Å²) in [7, 11) is -8.21. The van der Waals surface area contributed by atoms with E-state index in [1.807, 2.05) is 6.92 Å². The molecule has 4 rings (SSSR count). The molecule has 13 heteroatoms. The second kappa shape index (κ2) is 23.5. The van der Waals surface area contributed by atoms with Gasteiger partial charge in [0, 0.05) is 55.7 Å². The van der Waals surface area contributed by atoms with Crippen molar-refractivity contribution in [2.24, 2.45) is 0 Å². The topological polar surface area (TPSA) is 64.6 Å². The normalized spacial score (nSPS) is 20.8. The highest BCUT2D eigenvalue weighted by molar-refractivity contribution is 6.66. The van der Waals surface area contributed by atoms with Crippen LogP contribution in [0.4, 0.5) is 0 Å². The van der Waals surface area contributed by atoms with Gasteiger partial charge >= 0.3 is 25.9 Å². The van der Waals surface area contributed by atoms with Crippen LogP contribution in [-0.4, -0.2) is 69.2 Å². The molecule has 0 aliphatic carbocycles. The molecule has 5 unspecified atom stereocenters. The summed E-state index contributed by atoms with van der Waals surface area (Å²) in [6.45, 7) is 20.9. The summed E-state index contributed by atoms with van der Waals surface area (Å²) < 4.78 is 47.3. The molecule has 1 fully saturated rings. The minimum atomic E-state index is -2.99. The highest BCUT2D eigenvalue weighted by Gasteiger charge is 2.51. The molecule has 0 bridgehead atoms. The van der Waals surface area contributed by atoms with E-state index in [9.17, 15) is 0 Å². The SMILES string of the molecule is CCO[Si](C)(CCc1ccc(CCl)cc1)OC(C)(C)CC(C)O[Si](C)(CCc1ccc(CCl)cc1)OCCCO[Si]1(CCc2ccc(CCl)cc2)OC(C)CC(C)(C)O1. The number of alkyl halides is 3. The van der Waals surface area contributed by atoms with Crippen molar-refractivity contribution < 1.29 is 31.0 Å². The van der Waals surface area contributed by atoms with Crippen molar-refractivity contribution in [3.05, 3.63) is 106 Å². The molecule has 1 aliphatic rings. The Kier molecular flexibility index (Phi) is 20.2. The third-order valence-corrected chi connectivity index (χ3v) is 20.7. The summed E-state index contributed by atoms with van der Waals surface area (Å²) in [5.41, 5.74) is 6.29. The van der Waals surface area contributed by atoms with Gasteiger partial charge in [0.05, 0.1) is 11.2 Å². The summed E-state index contributed by atoms with van der Waals surface area (Å²) >= 11 is 18.2. The molecule has 1 aliphatic heterocycles. The Morgan fingerprint density at radius 2 is 1.22 bits per heavy atom. The number of rotatable bonds is 26. The first-order valence-corrected chi connectivity index (χ1v) is 30.1. The fourth-order valence-electron chi connectivity index (χ4n) is 8.18. The van der Waals surface area contributed by atoms with Crippen LogP contribution in [0.3, 0.4) is 0 Å². The van der Waals surface area contributed by atoms with Crippen LogP contribution < -0.4 is 0 Å². The quantitative estimate of drug-likeness (QED) is 0.0451. The fourth-order valence-corrected chi connectivity index (χ4v) is 17.4. The molecule has 1 saturated heterocycles. The summed E-state index contributed by atoms with van der Waals surface area (Å²) in [4.78, 5) is 0. The third kappa shape index (κ3) is 17.5. The molecule has 330 valence electrons. The molecule has 0 N–H and O–H groups in total. The van der Waals surface area contributed by atoms with E-state index in [4.69, 9.17) is 65.8 Å². The zero-order valence-corrected chi connectivity index (χ0v) is 42.4. The van der Waals surface area contributed by atoms with Gasteiger partial charge in [0.1, 0.15) is 0 Å². The van der Waals surface area contributed by atoms with Crippen LogP contribution in [-0.2, 0) is 67.9 Å². The highest BCUT2D eigenvalue weighted by atomic mass is 35.5. The van der Waals surface area contributed by atoms with E-state index < -0.39 is 31.5 Å². The van der Waals surface area contributed by atoms with Gasteiger partial charge in [-0.3, -0.25) is 0 Å². The third-order valence-electron chi connectivity index (χ3n) is 10.8. The van der Waals surface area contributed by atoms with Gasteiger partial charge < -0.3 is 31.0 Å². The van der Waals surface area contributed by atoms with Crippen molar-refractivity contribution in [2.45, 2.75) is 159 Å². The predicted octanol–water partition coefficient (Wildman–Crippen LogP) is 12.7. The summed E-state index contributed by atoms with van der Waals surface area (Å²) in [6, 6.07) is 27.9. The van der Waals surface area contributed by atoms with Crippen molar-refractivity contribution >= 4 is 60.7 Å². The van der Waals surface area contributed by atoms with Crippen LogP contribution in [0.15, 0.2) is 72.8 Å². The highest BCUT2D eigenvalue weighted by Crippen LogP contribution is 2.36. The fraction of sp³-hybridized carbons (Fsp3) is 0.609. The first-order valence-electron chi connectivity index (χ1n) is 21.5. The number of hydrogen-bond donors (Lipinski definition) is 0. The molecule has 59 heavy (non-hydrogen) atoms. The summed E-state index contributed by atoms with van der Waals surface area (Å²) in [5, 5.41) is 0. The molecular formula is C46H71Cl3O7Si3. The molecule has 0 saturated carbocycles. The number of aryl methyl sites for hydroxylation is 3. The zero-order valence-electron chi connectivity index (χ0n) is 37.2. The van der Waals surface area contributed by atoms with Gasteiger partial charge in [0.25, 0.3) is 0 Å². The minimum absolute atomic E-state index is 0.0558. The maximum absolute atomic E-state index is 7.02. The molecule has 0 aromatic heterocycles. The molecule has 0 spiro atoms. The average molecular weight is 927 g/mol. The van der Waals surface area contributed by atoms with Crippen molar-refractivity contribution in [1.29, 1.82) is 0 Å². The molecular weight excluding hydrogens is 855 g/mol. The summed E-state index contributed by atoms with van der Waals surface area (Å²) in [6.07, 6.45) is 4.75. The second-order valence-corrected chi connectivity index (χ2v) is 27.7. The molecule has 3 aromatic rings. The van der Waals surface area contributed by atoms with E-state index in [1.54, 1.807) is 0 Å². The van der Waals surface area contributed by atoms with Crippen LogP contribution in [0.25, 0.3) is 0 Å². The van der Waals surface area contributed by atoms with E-state index in [0.29, 0.717) is 56.3 Å². The first kappa shape index (κ1) is 50.5. The Bertz CT molecular complexity index is 1670. The minimum Gasteiger partial charge on any atom is -0.395 e. The smallest absolute Gasteiger partial charge is 0.395 e. The van der Waals surface area contributed by atoms with Crippen molar-refractivity contribution in [1.82, 2.24) is 0 Å². The lowest BCUT2D eigenvalue weighted by molar-refractivity contribution is -0.0913. The van der Waals surface area contributed by atoms with Crippen molar-refractivity contribution in [2.75, 3.05) is 19.8 Å². The summed E-state index contributed by atoms with van der Waals surface area (Å²) in [5.74, 6) is 1.52. The molecule has 5 atom stereocenters. The number of benzene rings is 3. The van der Waals surface area contributed by atoms with Crippen LogP contribution >= 0.6 is 34.8 Å². The van der Waals surface area contributed by atoms with Crippen molar-refractivity contribution in [3.63, 3.8) is 0 Å². The average Bonchev–Trinajstić information content (AvgIpc) is 3.18. The van der Waals surface area contributed by atoms with Crippen LogP contribution in [0.5, 0.6) is 0 Å². The largest absolute Gasteiger partial charge is 0.501 e. The van der Waals surface area contributed by atoms with Gasteiger partial charge in [0.15, 0.2) is 0 Å². The Labute approximate surface area is 374 Å². The Balaban J connectivity index is 1.40. The van der Waals surface area contributed by atoms with Crippen LogP contribution in [0.1, 0.15) is 101 Å². The predicted molar refractivity (Wildman–Crippen MR) is 251 cm³/mol. The van der Waals surface area contributed by atoms with Crippen LogP contribution in [0.2, 0.25) is 31.2 Å². The lowest BCUT2D eigenvalue weighted by Gasteiger charge is -2.45. The standard InChI is InChI=1S/C46H71Cl3O7Si3/c1-10-50-58(9,30-25-40-14-20-43(35-48)21-15-40)55-45(4,5)32-37(2)53-57(8,29-24-39-12-18-42(34-47)19-13-39)51-27-11-28-52-59(54-38(3)33-46(6,7)56-59)31-26-41-16-22-44(36-49)23-17-41/h12-23,37-38H,10-11,24-36H2,1-9H3.